The van der Waals surface area contributed by atoms with Gasteiger partial charge in [0, 0.05) is 11.6 Å². The normalized spacial score (nSPS) is 12.4. The number of halogens is 1. The molecule has 0 radical (unpaired) electrons. The quantitative estimate of drug-likeness (QED) is 0.878. The third kappa shape index (κ3) is 2.80. The molecule has 1 aromatic carbocycles. The van der Waals surface area contributed by atoms with Crippen LogP contribution >= 0.6 is 0 Å². The summed E-state index contributed by atoms with van der Waals surface area (Å²) in [5.74, 6) is 0.234. The fraction of sp³-hybridized carbons (Fsp3) is 0.364. The van der Waals surface area contributed by atoms with Crippen molar-refractivity contribution >= 4 is 0 Å². The van der Waals surface area contributed by atoms with Gasteiger partial charge in [-0.3, -0.25) is 0 Å². The fourth-order valence-electron chi connectivity index (χ4n) is 1.50. The molecule has 0 aliphatic heterocycles. The highest BCUT2D eigenvalue weighted by Gasteiger charge is 2.11. The molecule has 0 spiro atoms. The average molecular weight is 252 g/mol. The highest BCUT2D eigenvalue weighted by molar-refractivity contribution is 5.35. The first-order valence-corrected chi connectivity index (χ1v) is 5.39. The van der Waals surface area contributed by atoms with Gasteiger partial charge in [-0.2, -0.15) is 4.80 Å². The van der Waals surface area contributed by atoms with Crippen LogP contribution in [-0.2, 0) is 13.7 Å². The van der Waals surface area contributed by atoms with E-state index < -0.39 is 11.9 Å². The second-order valence-electron chi connectivity index (χ2n) is 3.84. The van der Waals surface area contributed by atoms with Crippen LogP contribution in [0.15, 0.2) is 18.2 Å². The Morgan fingerprint density at radius 3 is 2.89 bits per heavy atom. The van der Waals surface area contributed by atoms with Crippen molar-refractivity contribution in [3.05, 3.63) is 35.4 Å². The Kier molecular flexibility index (Phi) is 3.52. The number of hydrogen-bond acceptors (Lipinski definition) is 5. The van der Waals surface area contributed by atoms with E-state index in [0.29, 0.717) is 11.4 Å². The number of aliphatic hydroxyl groups is 1. The number of benzene rings is 1. The highest BCUT2D eigenvalue weighted by Crippen LogP contribution is 2.26. The van der Waals surface area contributed by atoms with E-state index in [1.54, 1.807) is 14.0 Å². The van der Waals surface area contributed by atoms with E-state index in [-0.39, 0.29) is 12.4 Å². The Morgan fingerprint density at radius 2 is 2.28 bits per heavy atom. The van der Waals surface area contributed by atoms with E-state index in [1.165, 1.54) is 23.0 Å². The van der Waals surface area contributed by atoms with E-state index in [1.807, 2.05) is 0 Å². The summed E-state index contributed by atoms with van der Waals surface area (Å²) < 4.78 is 18.5. The number of hydrogen-bond donors (Lipinski definition) is 1. The molecule has 18 heavy (non-hydrogen) atoms. The molecule has 1 heterocycles. The van der Waals surface area contributed by atoms with Gasteiger partial charge in [0.2, 0.25) is 5.82 Å². The van der Waals surface area contributed by atoms with E-state index in [9.17, 15) is 9.50 Å². The van der Waals surface area contributed by atoms with Gasteiger partial charge in [-0.1, -0.05) is 0 Å². The summed E-state index contributed by atoms with van der Waals surface area (Å²) in [7, 11) is 1.64. The Morgan fingerprint density at radius 1 is 1.50 bits per heavy atom. The van der Waals surface area contributed by atoms with Crippen LogP contribution < -0.4 is 4.74 Å². The molecule has 0 amide bonds. The lowest BCUT2D eigenvalue weighted by atomic mass is 10.1. The van der Waals surface area contributed by atoms with Crippen molar-refractivity contribution in [3.63, 3.8) is 0 Å². The topological polar surface area (TPSA) is 73.1 Å². The number of tetrazole rings is 1. The lowest BCUT2D eigenvalue weighted by molar-refractivity contribution is 0.189. The number of aromatic nitrogens is 4. The van der Waals surface area contributed by atoms with Crippen LogP contribution in [0.4, 0.5) is 4.39 Å². The van der Waals surface area contributed by atoms with Crippen LogP contribution in [0.5, 0.6) is 5.75 Å². The fourth-order valence-corrected chi connectivity index (χ4v) is 1.50. The molecule has 1 N–H and O–H groups in total. The molecule has 1 aromatic heterocycles. The van der Waals surface area contributed by atoms with Gasteiger partial charge < -0.3 is 9.84 Å². The first-order valence-electron chi connectivity index (χ1n) is 5.39. The summed E-state index contributed by atoms with van der Waals surface area (Å²) in [5.41, 5.74) is 0.514. The molecule has 0 aliphatic rings. The van der Waals surface area contributed by atoms with Crippen molar-refractivity contribution in [2.45, 2.75) is 19.6 Å². The lowest BCUT2D eigenvalue weighted by Crippen LogP contribution is -2.03. The van der Waals surface area contributed by atoms with Crippen LogP contribution in [0.25, 0.3) is 0 Å². The van der Waals surface area contributed by atoms with Gasteiger partial charge in [-0.25, -0.2) is 4.39 Å². The SMILES string of the molecule is C[C@H](O)c1ccc(F)cc1OCc1nnn(C)n1. The Balaban J connectivity index is 2.15. The second kappa shape index (κ2) is 5.09. The van der Waals surface area contributed by atoms with Crippen LogP contribution in [0.3, 0.4) is 0 Å². The number of ether oxygens (including phenoxy) is 1. The van der Waals surface area contributed by atoms with Crippen molar-refractivity contribution in [1.29, 1.82) is 0 Å². The molecular formula is C11H13FN4O2. The number of aryl methyl sites for hydroxylation is 1. The predicted molar refractivity (Wildman–Crippen MR) is 60.2 cm³/mol. The predicted octanol–water partition coefficient (Wildman–Crippen LogP) is 0.981. The van der Waals surface area contributed by atoms with Crippen LogP contribution in [-0.4, -0.2) is 25.3 Å². The zero-order chi connectivity index (χ0) is 13.1. The monoisotopic (exact) mass is 252 g/mol. The Hall–Kier alpha value is -2.02. The minimum absolute atomic E-state index is 0.0665. The standard InChI is InChI=1S/C11H13FN4O2/c1-7(17)9-4-3-8(12)5-10(9)18-6-11-13-15-16(2)14-11/h3-5,7,17H,6H2,1-2H3/t7-/m0/s1. The average Bonchev–Trinajstić information content (AvgIpc) is 2.72. The Labute approximate surface area is 103 Å². The maximum atomic E-state index is 13.1. The van der Waals surface area contributed by atoms with Gasteiger partial charge in [0.25, 0.3) is 0 Å². The molecule has 0 bridgehead atoms. The highest BCUT2D eigenvalue weighted by atomic mass is 19.1. The van der Waals surface area contributed by atoms with Crippen molar-refractivity contribution in [2.24, 2.45) is 7.05 Å². The summed E-state index contributed by atoms with van der Waals surface area (Å²) in [6.07, 6.45) is -0.740. The lowest BCUT2D eigenvalue weighted by Gasteiger charge is -2.12. The van der Waals surface area contributed by atoms with E-state index >= 15 is 0 Å². The summed E-state index contributed by atoms with van der Waals surface area (Å²) in [6.45, 7) is 1.65. The number of nitrogens with zero attached hydrogens (tertiary/aromatic N) is 4. The molecule has 0 unspecified atom stereocenters. The first-order chi connectivity index (χ1) is 8.56. The zero-order valence-electron chi connectivity index (χ0n) is 10.0. The van der Waals surface area contributed by atoms with Crippen LogP contribution in [0.1, 0.15) is 24.4 Å². The third-order valence-corrected chi connectivity index (χ3v) is 2.33. The van der Waals surface area contributed by atoms with Gasteiger partial charge in [0.15, 0.2) is 6.61 Å². The van der Waals surface area contributed by atoms with Gasteiger partial charge in [-0.15, -0.1) is 10.2 Å². The molecule has 0 fully saturated rings. The largest absolute Gasteiger partial charge is 0.485 e. The number of rotatable bonds is 4. The zero-order valence-corrected chi connectivity index (χ0v) is 10.0. The molecule has 0 aliphatic carbocycles. The third-order valence-electron chi connectivity index (χ3n) is 2.33. The molecule has 6 nitrogen and oxygen atoms in total. The molecule has 7 heteroatoms. The van der Waals surface area contributed by atoms with Crippen LogP contribution in [0, 0.1) is 5.82 Å². The summed E-state index contributed by atoms with van der Waals surface area (Å²) in [5, 5.41) is 20.9. The van der Waals surface area contributed by atoms with Crippen molar-refractivity contribution < 1.29 is 14.2 Å². The van der Waals surface area contributed by atoms with E-state index in [0.717, 1.165) is 0 Å². The van der Waals surface area contributed by atoms with Gasteiger partial charge in [0.05, 0.1) is 13.2 Å². The molecule has 2 rings (SSSR count). The minimum Gasteiger partial charge on any atom is -0.485 e. The van der Waals surface area contributed by atoms with Crippen LogP contribution in [0.2, 0.25) is 0 Å². The molecule has 0 saturated heterocycles. The van der Waals surface area contributed by atoms with Crippen molar-refractivity contribution in [1.82, 2.24) is 20.2 Å². The molecular weight excluding hydrogens is 239 g/mol. The summed E-state index contributed by atoms with van der Waals surface area (Å²) in [4.78, 5) is 1.31. The number of aliphatic hydroxyl groups excluding tert-OH is 1. The van der Waals surface area contributed by atoms with E-state index in [4.69, 9.17) is 4.74 Å². The molecule has 1 atom stereocenters. The smallest absolute Gasteiger partial charge is 0.212 e. The maximum absolute atomic E-state index is 13.1. The first kappa shape index (κ1) is 12.4. The van der Waals surface area contributed by atoms with E-state index in [2.05, 4.69) is 15.4 Å². The summed E-state index contributed by atoms with van der Waals surface area (Å²) in [6, 6.07) is 3.98. The Bertz CT molecular complexity index is 542. The molecule has 2 aromatic rings. The van der Waals surface area contributed by atoms with Crippen molar-refractivity contribution in [3.8, 4) is 5.75 Å². The van der Waals surface area contributed by atoms with Gasteiger partial charge in [-0.05, 0) is 24.3 Å². The van der Waals surface area contributed by atoms with Crippen molar-refractivity contribution in [2.75, 3.05) is 0 Å². The maximum Gasteiger partial charge on any atom is 0.212 e. The minimum atomic E-state index is -0.740. The molecule has 96 valence electrons. The van der Waals surface area contributed by atoms with Gasteiger partial charge in [0.1, 0.15) is 11.6 Å². The molecule has 0 saturated carbocycles. The van der Waals surface area contributed by atoms with Gasteiger partial charge >= 0.3 is 0 Å². The summed E-state index contributed by atoms with van der Waals surface area (Å²) >= 11 is 0. The second-order valence-corrected chi connectivity index (χ2v) is 3.84.